The zero-order valence-electron chi connectivity index (χ0n) is 29.6. The van der Waals surface area contributed by atoms with Gasteiger partial charge in [-0.3, -0.25) is 9.11 Å². The summed E-state index contributed by atoms with van der Waals surface area (Å²) in [4.78, 5) is 3.62. The molecule has 19 heteroatoms. The molecule has 8 N–H and O–H groups in total. The van der Waals surface area contributed by atoms with Crippen molar-refractivity contribution in [3.8, 4) is 0 Å². The second kappa shape index (κ2) is 23.0. The number of nitrogens with zero attached hydrogens (tertiary/aromatic N) is 6. The molecule has 2 unspecified atom stereocenters. The van der Waals surface area contributed by atoms with E-state index in [1.165, 1.54) is 61.4 Å². The molecule has 0 bridgehead atoms. The van der Waals surface area contributed by atoms with Gasteiger partial charge in [-0.1, -0.05) is 25.7 Å². The molecule has 1 fully saturated rings. The number of hydrogen-bond acceptors (Lipinski definition) is 10. The molecule has 0 aliphatic heterocycles. The standard InChI is InChI=1S/2C14H15N3O3S.C6H12N2.2H2O.Pt/c2*1-17(2)13-7-3-11(4-8-13)15-16-12-5-9-14(10-6-12)21(18,19)20;7-5-3-1-2-4-6(5)8;;;/h2*3-10H,1-2H3,(H,18,19,20);5-8H,1-4H2;2*1H2;/q;;-2;;;+2. The Balaban J connectivity index is 0.000000807. The average molecular weight is 954 g/mol. The van der Waals surface area contributed by atoms with Crippen LogP contribution in [0, 0.1) is 0 Å². The summed E-state index contributed by atoms with van der Waals surface area (Å²) in [5.74, 6) is 0. The molecule has 0 saturated heterocycles. The van der Waals surface area contributed by atoms with Crippen molar-refractivity contribution in [1.29, 1.82) is 0 Å². The Hall–Kier alpha value is -3.97. The smallest absolute Gasteiger partial charge is 0.676 e. The third-order valence-electron chi connectivity index (χ3n) is 7.33. The van der Waals surface area contributed by atoms with E-state index in [0.29, 0.717) is 22.7 Å². The van der Waals surface area contributed by atoms with Crippen LogP contribution in [0.15, 0.2) is 127 Å². The molecule has 1 aliphatic rings. The number of anilines is 2. The number of hydrogen-bond donors (Lipinski definition) is 2. The first kappa shape index (κ1) is 49.0. The third kappa shape index (κ3) is 17.1. The molecular weight excluding hydrogens is 908 g/mol. The fourth-order valence-corrected chi connectivity index (χ4v) is 5.33. The van der Waals surface area contributed by atoms with Crippen LogP contribution in [0.5, 0.6) is 0 Å². The van der Waals surface area contributed by atoms with Crippen LogP contribution in [0.25, 0.3) is 11.5 Å². The molecule has 0 heterocycles. The topological polar surface area (TPSA) is 275 Å². The minimum atomic E-state index is -4.18. The van der Waals surface area contributed by atoms with Crippen LogP contribution in [0.3, 0.4) is 0 Å². The largest absolute Gasteiger partial charge is 2.00 e. The van der Waals surface area contributed by atoms with Gasteiger partial charge in [0.05, 0.1) is 32.5 Å². The van der Waals surface area contributed by atoms with E-state index in [9.17, 15) is 16.8 Å². The van der Waals surface area contributed by atoms with Crippen molar-refractivity contribution in [2.24, 2.45) is 20.5 Å². The Morgan fingerprint density at radius 2 is 0.736 bits per heavy atom. The number of rotatable bonds is 8. The molecule has 4 aromatic carbocycles. The molecule has 0 aromatic heterocycles. The Morgan fingerprint density at radius 3 is 0.925 bits per heavy atom. The molecule has 1 aliphatic carbocycles. The molecule has 292 valence electrons. The Kier molecular flexibility index (Phi) is 21.2. The van der Waals surface area contributed by atoms with Gasteiger partial charge in [-0.25, -0.2) is 0 Å². The molecule has 0 amide bonds. The van der Waals surface area contributed by atoms with E-state index >= 15 is 0 Å². The van der Waals surface area contributed by atoms with Crippen LogP contribution in [-0.4, -0.2) is 77.2 Å². The fraction of sp³-hybridized carbons (Fsp3) is 0.294. The Bertz CT molecular complexity index is 1790. The third-order valence-corrected chi connectivity index (χ3v) is 9.06. The number of nitrogens with one attached hydrogen (secondary N) is 2. The zero-order valence-corrected chi connectivity index (χ0v) is 33.5. The van der Waals surface area contributed by atoms with Gasteiger partial charge in [-0.2, -0.15) is 49.4 Å². The molecular formula is C34H46N8O8PtS2. The van der Waals surface area contributed by atoms with Crippen molar-refractivity contribution < 1.29 is 58.0 Å². The minimum Gasteiger partial charge on any atom is -0.676 e. The van der Waals surface area contributed by atoms with E-state index in [1.807, 2.05) is 86.5 Å². The summed E-state index contributed by atoms with van der Waals surface area (Å²) in [6.07, 6.45) is 4.25. The maximum absolute atomic E-state index is 10.9. The number of benzene rings is 4. The summed E-state index contributed by atoms with van der Waals surface area (Å²) in [5, 5.41) is 16.1. The van der Waals surface area contributed by atoms with Crippen molar-refractivity contribution in [3.63, 3.8) is 0 Å². The summed E-state index contributed by atoms with van der Waals surface area (Å²) in [7, 11) is -0.546. The van der Waals surface area contributed by atoms with E-state index in [1.54, 1.807) is 0 Å². The first-order valence-electron chi connectivity index (χ1n) is 15.5. The predicted octanol–water partition coefficient (Wildman–Crippen LogP) is 7.58. The summed E-state index contributed by atoms with van der Waals surface area (Å²) < 4.78 is 61.4. The molecule has 2 atom stereocenters. The monoisotopic (exact) mass is 953 g/mol. The van der Waals surface area contributed by atoms with Crippen molar-refractivity contribution in [2.45, 2.75) is 47.6 Å². The molecule has 5 rings (SSSR count). The van der Waals surface area contributed by atoms with Crippen molar-refractivity contribution in [1.82, 2.24) is 0 Å². The minimum absolute atomic E-state index is 0. The van der Waals surface area contributed by atoms with E-state index in [-0.39, 0.29) is 53.9 Å². The van der Waals surface area contributed by atoms with Gasteiger partial charge in [0, 0.05) is 39.6 Å². The predicted molar refractivity (Wildman–Crippen MR) is 204 cm³/mol. The van der Waals surface area contributed by atoms with Crippen LogP contribution in [0.2, 0.25) is 0 Å². The average Bonchev–Trinajstić information content (AvgIpc) is 3.08. The van der Waals surface area contributed by atoms with Gasteiger partial charge in [0.2, 0.25) is 0 Å². The fourth-order valence-electron chi connectivity index (χ4n) is 4.37. The van der Waals surface area contributed by atoms with E-state index < -0.39 is 20.2 Å². The SMILES string of the molecule is CN(C)c1ccc(N=Nc2ccc(S(=O)(=O)O)cc2)cc1.CN(C)c1ccc(N=Nc2ccc(S(=O)(=O)O)cc2)cc1.O.O.[NH-]C1CCCCC1[NH-].[Pt+2]. The van der Waals surface area contributed by atoms with Gasteiger partial charge in [0.25, 0.3) is 20.2 Å². The first-order chi connectivity index (χ1) is 23.5. The summed E-state index contributed by atoms with van der Waals surface area (Å²) in [5.41, 5.74) is 19.1. The van der Waals surface area contributed by atoms with Crippen molar-refractivity contribution in [2.75, 3.05) is 38.0 Å². The Labute approximate surface area is 325 Å². The quantitative estimate of drug-likeness (QED) is 0.131. The van der Waals surface area contributed by atoms with Crippen LogP contribution in [0.1, 0.15) is 25.7 Å². The second-order valence-electron chi connectivity index (χ2n) is 11.7. The van der Waals surface area contributed by atoms with E-state index in [0.717, 1.165) is 24.2 Å². The van der Waals surface area contributed by atoms with Crippen LogP contribution in [0.4, 0.5) is 34.1 Å². The van der Waals surface area contributed by atoms with Crippen molar-refractivity contribution in [3.05, 3.63) is 109 Å². The maximum Gasteiger partial charge on any atom is 2.00 e. The molecule has 0 radical (unpaired) electrons. The van der Waals surface area contributed by atoms with Crippen molar-refractivity contribution >= 4 is 54.4 Å². The zero-order chi connectivity index (χ0) is 36.9. The normalized spacial score (nSPS) is 15.3. The van der Waals surface area contributed by atoms with Crippen LogP contribution < -0.4 is 9.80 Å². The van der Waals surface area contributed by atoms with Gasteiger partial charge in [-0.15, -0.1) is 0 Å². The van der Waals surface area contributed by atoms with Gasteiger partial charge in [-0.05, 0) is 97.1 Å². The van der Waals surface area contributed by atoms with E-state index in [2.05, 4.69) is 20.5 Å². The molecule has 16 nitrogen and oxygen atoms in total. The second-order valence-corrected chi connectivity index (χ2v) is 14.5. The summed E-state index contributed by atoms with van der Waals surface area (Å²) in [6.45, 7) is 0. The number of azo groups is 2. The molecule has 4 aromatic rings. The molecule has 0 spiro atoms. The Morgan fingerprint density at radius 1 is 0.509 bits per heavy atom. The summed E-state index contributed by atoms with van der Waals surface area (Å²) in [6, 6.07) is 25.9. The first-order valence-corrected chi connectivity index (χ1v) is 18.4. The van der Waals surface area contributed by atoms with E-state index in [4.69, 9.17) is 20.6 Å². The maximum atomic E-state index is 10.9. The van der Waals surface area contributed by atoms with Gasteiger partial charge in [0.1, 0.15) is 0 Å². The van der Waals surface area contributed by atoms with Gasteiger partial charge < -0.3 is 32.2 Å². The molecule has 53 heavy (non-hydrogen) atoms. The van der Waals surface area contributed by atoms with Gasteiger partial charge in [0.15, 0.2) is 0 Å². The van der Waals surface area contributed by atoms with Crippen LogP contribution in [-0.2, 0) is 41.3 Å². The molecule has 1 saturated carbocycles. The summed E-state index contributed by atoms with van der Waals surface area (Å²) >= 11 is 0. The van der Waals surface area contributed by atoms with Gasteiger partial charge >= 0.3 is 21.1 Å². The van der Waals surface area contributed by atoms with Crippen LogP contribution >= 0.6 is 0 Å².